The number of hydrogen-bond acceptors (Lipinski definition) is 6. The predicted octanol–water partition coefficient (Wildman–Crippen LogP) is 2.45. The normalized spacial score (nSPS) is 11.7. The van der Waals surface area contributed by atoms with Gasteiger partial charge in [0.15, 0.2) is 0 Å². The number of pyridine rings is 2. The molecular formula is C19H19N5O2S. The molecule has 0 spiro atoms. The highest BCUT2D eigenvalue weighted by Gasteiger charge is 2.19. The first-order chi connectivity index (χ1) is 13.2. The third kappa shape index (κ3) is 5.01. The minimum Gasteiger partial charge on any atom is -0.342 e. The van der Waals surface area contributed by atoms with Crippen LogP contribution < -0.4 is 10.9 Å². The highest BCUT2D eigenvalue weighted by atomic mass is 32.2. The molecule has 0 bridgehead atoms. The van der Waals surface area contributed by atoms with E-state index in [1.165, 1.54) is 6.07 Å². The van der Waals surface area contributed by atoms with Crippen LogP contribution in [0, 0.1) is 0 Å². The van der Waals surface area contributed by atoms with Gasteiger partial charge in [-0.25, -0.2) is 4.98 Å². The SMILES string of the molecule is CSCCC(NC(=O)c1ccccn1)c1cc(=O)[nH]c(-c2cccnc2)n1. The first-order valence-electron chi connectivity index (χ1n) is 8.40. The van der Waals surface area contributed by atoms with Gasteiger partial charge in [-0.15, -0.1) is 0 Å². The quantitative estimate of drug-likeness (QED) is 0.652. The average molecular weight is 381 g/mol. The number of aromatic nitrogens is 4. The predicted molar refractivity (Wildman–Crippen MR) is 106 cm³/mol. The van der Waals surface area contributed by atoms with E-state index in [1.807, 2.05) is 12.3 Å². The number of nitrogens with one attached hydrogen (secondary N) is 2. The molecule has 3 rings (SSSR count). The monoisotopic (exact) mass is 381 g/mol. The Morgan fingerprint density at radius 1 is 1.26 bits per heavy atom. The lowest BCUT2D eigenvalue weighted by molar-refractivity contribution is 0.0930. The Bertz CT molecular complexity index is 947. The third-order valence-electron chi connectivity index (χ3n) is 3.87. The van der Waals surface area contributed by atoms with Crippen LogP contribution in [-0.4, -0.2) is 37.9 Å². The van der Waals surface area contributed by atoms with Crippen molar-refractivity contribution in [3.05, 3.63) is 76.7 Å². The Labute approximate surface area is 160 Å². The van der Waals surface area contributed by atoms with Gasteiger partial charge in [-0.05, 0) is 42.7 Å². The number of carbonyl (C=O) groups is 1. The number of amides is 1. The van der Waals surface area contributed by atoms with Gasteiger partial charge in [0.1, 0.15) is 11.5 Å². The van der Waals surface area contributed by atoms with Crippen molar-refractivity contribution in [2.24, 2.45) is 0 Å². The molecule has 3 heterocycles. The van der Waals surface area contributed by atoms with E-state index in [4.69, 9.17) is 0 Å². The van der Waals surface area contributed by atoms with Gasteiger partial charge >= 0.3 is 0 Å². The Balaban J connectivity index is 1.91. The van der Waals surface area contributed by atoms with Crippen molar-refractivity contribution >= 4 is 17.7 Å². The van der Waals surface area contributed by atoms with Crippen molar-refractivity contribution in [3.63, 3.8) is 0 Å². The van der Waals surface area contributed by atoms with E-state index >= 15 is 0 Å². The maximum atomic E-state index is 12.5. The molecule has 3 aromatic heterocycles. The summed E-state index contributed by atoms with van der Waals surface area (Å²) in [7, 11) is 0. The van der Waals surface area contributed by atoms with Gasteiger partial charge in [0.2, 0.25) is 0 Å². The van der Waals surface area contributed by atoms with Crippen LogP contribution in [0.3, 0.4) is 0 Å². The highest BCUT2D eigenvalue weighted by Crippen LogP contribution is 2.19. The van der Waals surface area contributed by atoms with Crippen LogP contribution in [0.15, 0.2) is 59.8 Å². The third-order valence-corrected chi connectivity index (χ3v) is 4.51. The summed E-state index contributed by atoms with van der Waals surface area (Å²) in [5, 5.41) is 2.94. The molecule has 0 aromatic carbocycles. The van der Waals surface area contributed by atoms with E-state index in [1.54, 1.807) is 54.6 Å². The first kappa shape index (κ1) is 18.8. The van der Waals surface area contributed by atoms with Crippen LogP contribution in [0.1, 0.15) is 28.6 Å². The summed E-state index contributed by atoms with van der Waals surface area (Å²) in [6.07, 6.45) is 7.48. The largest absolute Gasteiger partial charge is 0.342 e. The van der Waals surface area contributed by atoms with Gasteiger partial charge in [0.05, 0.1) is 11.7 Å². The van der Waals surface area contributed by atoms with Crippen LogP contribution in [0.25, 0.3) is 11.4 Å². The second-order valence-electron chi connectivity index (χ2n) is 5.78. The number of rotatable bonds is 7. The van der Waals surface area contributed by atoms with Gasteiger partial charge < -0.3 is 10.3 Å². The number of nitrogens with zero attached hydrogens (tertiary/aromatic N) is 3. The number of thioether (sulfide) groups is 1. The van der Waals surface area contributed by atoms with Crippen LogP contribution >= 0.6 is 11.8 Å². The summed E-state index contributed by atoms with van der Waals surface area (Å²) in [4.78, 5) is 40.1. The zero-order chi connectivity index (χ0) is 19.1. The molecule has 0 fully saturated rings. The molecule has 2 N–H and O–H groups in total. The van der Waals surface area contributed by atoms with Crippen molar-refractivity contribution in [2.45, 2.75) is 12.5 Å². The molecule has 0 saturated heterocycles. The fraction of sp³-hybridized carbons (Fsp3) is 0.211. The summed E-state index contributed by atoms with van der Waals surface area (Å²) < 4.78 is 0. The topological polar surface area (TPSA) is 101 Å². The Morgan fingerprint density at radius 2 is 2.15 bits per heavy atom. The zero-order valence-electron chi connectivity index (χ0n) is 14.8. The molecule has 8 heteroatoms. The fourth-order valence-corrected chi connectivity index (χ4v) is 3.02. The molecule has 0 saturated carbocycles. The fourth-order valence-electron chi connectivity index (χ4n) is 2.55. The van der Waals surface area contributed by atoms with Crippen LogP contribution in [0.2, 0.25) is 0 Å². The standard InChI is InChI=1S/C19H19N5O2S/c1-27-10-7-14(23-19(26)15-6-2-3-9-21-15)16-11-17(25)24-18(22-16)13-5-4-8-20-12-13/h2-6,8-9,11-12,14H,7,10H2,1H3,(H,23,26)(H,22,24,25). The second kappa shape index (κ2) is 9.09. The Morgan fingerprint density at radius 3 is 2.85 bits per heavy atom. The maximum absolute atomic E-state index is 12.5. The lowest BCUT2D eigenvalue weighted by Gasteiger charge is -2.18. The number of H-pyrrole nitrogens is 1. The molecule has 1 unspecified atom stereocenters. The van der Waals surface area contributed by atoms with Crippen molar-refractivity contribution in [1.82, 2.24) is 25.3 Å². The summed E-state index contributed by atoms with van der Waals surface area (Å²) in [5.41, 5.74) is 1.26. The molecular weight excluding hydrogens is 362 g/mol. The number of hydrogen-bond donors (Lipinski definition) is 2. The molecule has 27 heavy (non-hydrogen) atoms. The van der Waals surface area contributed by atoms with Gasteiger partial charge in [-0.3, -0.25) is 19.6 Å². The minimum atomic E-state index is -0.398. The van der Waals surface area contributed by atoms with E-state index in [9.17, 15) is 9.59 Å². The average Bonchev–Trinajstić information content (AvgIpc) is 2.71. The van der Waals surface area contributed by atoms with E-state index < -0.39 is 6.04 Å². The van der Waals surface area contributed by atoms with Crippen LogP contribution in [0.4, 0.5) is 0 Å². The van der Waals surface area contributed by atoms with Crippen LogP contribution in [0.5, 0.6) is 0 Å². The molecule has 0 aliphatic rings. The van der Waals surface area contributed by atoms with E-state index in [-0.39, 0.29) is 11.5 Å². The minimum absolute atomic E-state index is 0.278. The first-order valence-corrected chi connectivity index (χ1v) is 9.79. The lowest BCUT2D eigenvalue weighted by Crippen LogP contribution is -2.31. The maximum Gasteiger partial charge on any atom is 0.270 e. The highest BCUT2D eigenvalue weighted by molar-refractivity contribution is 7.98. The van der Waals surface area contributed by atoms with Crippen molar-refractivity contribution < 1.29 is 4.79 Å². The van der Waals surface area contributed by atoms with E-state index in [0.29, 0.717) is 29.2 Å². The van der Waals surface area contributed by atoms with Crippen molar-refractivity contribution in [3.8, 4) is 11.4 Å². The summed E-state index contributed by atoms with van der Waals surface area (Å²) in [6.45, 7) is 0. The number of aromatic amines is 1. The van der Waals surface area contributed by atoms with Gasteiger partial charge in [-0.2, -0.15) is 11.8 Å². The van der Waals surface area contributed by atoms with E-state index in [0.717, 1.165) is 5.75 Å². The molecule has 7 nitrogen and oxygen atoms in total. The molecule has 138 valence electrons. The molecule has 3 aromatic rings. The molecule has 0 aliphatic heterocycles. The molecule has 1 amide bonds. The Kier molecular flexibility index (Phi) is 6.32. The van der Waals surface area contributed by atoms with Crippen molar-refractivity contribution in [2.75, 3.05) is 12.0 Å². The smallest absolute Gasteiger partial charge is 0.270 e. The Hall–Kier alpha value is -3.00. The van der Waals surface area contributed by atoms with Gasteiger partial charge in [-0.1, -0.05) is 6.07 Å². The zero-order valence-corrected chi connectivity index (χ0v) is 15.6. The van der Waals surface area contributed by atoms with Gasteiger partial charge in [0, 0.05) is 30.2 Å². The summed E-state index contributed by atoms with van der Waals surface area (Å²) >= 11 is 1.66. The summed E-state index contributed by atoms with van der Waals surface area (Å²) in [6, 6.07) is 9.76. The molecule has 0 radical (unpaired) electrons. The second-order valence-corrected chi connectivity index (χ2v) is 6.77. The summed E-state index contributed by atoms with van der Waals surface area (Å²) in [5.74, 6) is 0.933. The molecule has 0 aliphatic carbocycles. The van der Waals surface area contributed by atoms with E-state index in [2.05, 4.69) is 25.3 Å². The lowest BCUT2D eigenvalue weighted by atomic mass is 10.1. The van der Waals surface area contributed by atoms with Crippen LogP contribution in [-0.2, 0) is 0 Å². The molecule has 1 atom stereocenters. The number of carbonyl (C=O) groups excluding carboxylic acids is 1. The van der Waals surface area contributed by atoms with Gasteiger partial charge in [0.25, 0.3) is 11.5 Å². The van der Waals surface area contributed by atoms with Crippen molar-refractivity contribution in [1.29, 1.82) is 0 Å².